The molecule has 9 heteroatoms. The number of pyridine rings is 1. The number of hydrogen-bond donors (Lipinski definition) is 1. The molecule has 0 bridgehead atoms. The van der Waals surface area contributed by atoms with Gasteiger partial charge in [-0.3, -0.25) is 24.3 Å². The average molecular weight is 466 g/mol. The van der Waals surface area contributed by atoms with Crippen molar-refractivity contribution >= 4 is 45.8 Å². The summed E-state index contributed by atoms with van der Waals surface area (Å²) in [6.45, 7) is 1.87. The number of halogens is 1. The van der Waals surface area contributed by atoms with Crippen LogP contribution in [0.15, 0.2) is 53.4 Å². The fourth-order valence-electron chi connectivity index (χ4n) is 3.38. The summed E-state index contributed by atoms with van der Waals surface area (Å²) in [5, 5.41) is 3.12. The van der Waals surface area contributed by atoms with Crippen molar-refractivity contribution in [1.82, 2.24) is 15.2 Å². The Balaban J connectivity index is 1.40. The molecule has 1 N–H and O–H groups in total. The van der Waals surface area contributed by atoms with Gasteiger partial charge in [0.05, 0.1) is 28.8 Å². The van der Waals surface area contributed by atoms with Crippen LogP contribution in [0, 0.1) is 12.7 Å². The highest BCUT2D eigenvalue weighted by molar-refractivity contribution is 8.18. The molecule has 1 fully saturated rings. The van der Waals surface area contributed by atoms with E-state index in [2.05, 4.69) is 10.3 Å². The van der Waals surface area contributed by atoms with Crippen molar-refractivity contribution in [2.75, 3.05) is 20.2 Å². The van der Waals surface area contributed by atoms with E-state index in [1.54, 1.807) is 38.3 Å². The Hall–Kier alpha value is -3.72. The van der Waals surface area contributed by atoms with Crippen LogP contribution in [-0.4, -0.2) is 47.1 Å². The predicted molar refractivity (Wildman–Crippen MR) is 124 cm³/mol. The zero-order chi connectivity index (χ0) is 23.5. The summed E-state index contributed by atoms with van der Waals surface area (Å²) in [6.07, 6.45) is 1.54. The number of aromatic nitrogens is 1. The van der Waals surface area contributed by atoms with Crippen molar-refractivity contribution in [2.24, 2.45) is 0 Å². The number of hydrogen-bond acceptors (Lipinski definition) is 6. The van der Waals surface area contributed by atoms with Gasteiger partial charge < -0.3 is 10.1 Å². The number of carbonyl (C=O) groups excluding carboxylic acids is 3. The molecule has 1 aromatic heterocycles. The third kappa shape index (κ3) is 4.88. The number of aryl methyl sites for hydroxylation is 1. The number of fused-ring (bicyclic) bond motifs is 1. The fourth-order valence-corrected chi connectivity index (χ4v) is 4.24. The summed E-state index contributed by atoms with van der Waals surface area (Å²) >= 11 is 0.815. The molecular formula is C24H20FN3O4S. The molecule has 33 heavy (non-hydrogen) atoms. The Bertz CT molecular complexity index is 1290. The van der Waals surface area contributed by atoms with Crippen LogP contribution in [0.25, 0.3) is 17.0 Å². The second kappa shape index (κ2) is 9.41. The summed E-state index contributed by atoms with van der Waals surface area (Å²) in [6, 6.07) is 12.8. The quantitative estimate of drug-likeness (QED) is 0.550. The molecule has 0 radical (unpaired) electrons. The van der Waals surface area contributed by atoms with Crippen LogP contribution < -0.4 is 10.1 Å². The van der Waals surface area contributed by atoms with E-state index in [0.717, 1.165) is 22.0 Å². The van der Waals surface area contributed by atoms with Gasteiger partial charge in [0.15, 0.2) is 0 Å². The van der Waals surface area contributed by atoms with Crippen LogP contribution >= 0.6 is 11.8 Å². The summed E-state index contributed by atoms with van der Waals surface area (Å²) in [5.41, 5.74) is 2.31. The standard InChI is InChI=1S/C24H20FN3O4S/c1-14-19(12-16-5-8-18(32-2)13-20(16)27-14)22(29)26-9-10-28-23(30)21(33-24(28)31)11-15-3-6-17(25)7-4-15/h3-8,11-13H,9-10H2,1-2H3,(H,26,29)/b21-11+. The van der Waals surface area contributed by atoms with Crippen molar-refractivity contribution in [3.63, 3.8) is 0 Å². The van der Waals surface area contributed by atoms with E-state index in [-0.39, 0.29) is 29.7 Å². The first-order valence-corrected chi connectivity index (χ1v) is 10.9. The summed E-state index contributed by atoms with van der Waals surface area (Å²) in [7, 11) is 1.58. The Kier molecular flexibility index (Phi) is 6.41. The van der Waals surface area contributed by atoms with Crippen molar-refractivity contribution in [1.29, 1.82) is 0 Å². The highest BCUT2D eigenvalue weighted by atomic mass is 32.2. The topological polar surface area (TPSA) is 88.6 Å². The molecule has 2 heterocycles. The van der Waals surface area contributed by atoms with E-state index < -0.39 is 11.1 Å². The molecule has 3 aromatic rings. The number of nitrogens with zero attached hydrogens (tertiary/aromatic N) is 2. The molecule has 2 aromatic carbocycles. The van der Waals surface area contributed by atoms with Crippen molar-refractivity contribution in [2.45, 2.75) is 6.92 Å². The van der Waals surface area contributed by atoms with Crippen molar-refractivity contribution in [3.05, 3.63) is 76.1 Å². The van der Waals surface area contributed by atoms with Crippen molar-refractivity contribution in [3.8, 4) is 5.75 Å². The molecule has 3 amide bonds. The normalized spacial score (nSPS) is 14.9. The van der Waals surface area contributed by atoms with Gasteiger partial charge in [0, 0.05) is 24.5 Å². The molecule has 0 atom stereocenters. The lowest BCUT2D eigenvalue weighted by molar-refractivity contribution is -0.122. The van der Waals surface area contributed by atoms with Crippen LogP contribution in [-0.2, 0) is 4.79 Å². The van der Waals surface area contributed by atoms with Crippen LogP contribution in [0.2, 0.25) is 0 Å². The maximum atomic E-state index is 13.1. The Labute approximate surface area is 193 Å². The number of nitrogens with one attached hydrogen (secondary N) is 1. The van der Waals surface area contributed by atoms with E-state index >= 15 is 0 Å². The summed E-state index contributed by atoms with van der Waals surface area (Å²) in [4.78, 5) is 43.4. The summed E-state index contributed by atoms with van der Waals surface area (Å²) in [5.74, 6) is -0.488. The Morgan fingerprint density at radius 1 is 1.18 bits per heavy atom. The van der Waals surface area contributed by atoms with E-state index in [4.69, 9.17) is 4.74 Å². The average Bonchev–Trinajstić information content (AvgIpc) is 3.06. The molecule has 1 aliphatic rings. The van der Waals surface area contributed by atoms with Gasteiger partial charge in [0.25, 0.3) is 17.1 Å². The van der Waals surface area contributed by atoms with Gasteiger partial charge in [-0.2, -0.15) is 0 Å². The predicted octanol–water partition coefficient (Wildman–Crippen LogP) is 4.16. The minimum atomic E-state index is -0.443. The lowest BCUT2D eigenvalue weighted by atomic mass is 10.1. The number of ether oxygens (including phenoxy) is 1. The third-order valence-corrected chi connectivity index (χ3v) is 6.03. The van der Waals surface area contributed by atoms with Gasteiger partial charge in [-0.15, -0.1) is 0 Å². The second-order valence-electron chi connectivity index (χ2n) is 7.32. The number of imide groups is 1. The number of thioether (sulfide) groups is 1. The molecule has 0 saturated carbocycles. The largest absolute Gasteiger partial charge is 0.497 e. The van der Waals surface area contributed by atoms with Crippen LogP contribution in [0.3, 0.4) is 0 Å². The van der Waals surface area contributed by atoms with Gasteiger partial charge in [0.1, 0.15) is 11.6 Å². The molecule has 168 valence electrons. The van der Waals surface area contributed by atoms with Gasteiger partial charge in [-0.25, -0.2) is 4.39 Å². The molecule has 1 aliphatic heterocycles. The maximum absolute atomic E-state index is 13.1. The first-order chi connectivity index (χ1) is 15.9. The Morgan fingerprint density at radius 3 is 2.67 bits per heavy atom. The molecule has 0 aliphatic carbocycles. The molecule has 7 nitrogen and oxygen atoms in total. The number of amides is 3. The van der Waals surface area contributed by atoms with Gasteiger partial charge >= 0.3 is 0 Å². The van der Waals surface area contributed by atoms with E-state index in [9.17, 15) is 18.8 Å². The fraction of sp³-hybridized carbons (Fsp3) is 0.167. The molecule has 1 saturated heterocycles. The van der Waals surface area contributed by atoms with E-state index in [1.807, 2.05) is 6.07 Å². The Morgan fingerprint density at radius 2 is 1.94 bits per heavy atom. The minimum Gasteiger partial charge on any atom is -0.497 e. The van der Waals surface area contributed by atoms with E-state index in [1.165, 1.54) is 24.3 Å². The molecule has 0 unspecified atom stereocenters. The third-order valence-electron chi connectivity index (χ3n) is 5.12. The van der Waals surface area contributed by atoms with E-state index in [0.29, 0.717) is 28.1 Å². The molecule has 0 spiro atoms. The number of carbonyl (C=O) groups is 3. The smallest absolute Gasteiger partial charge is 0.293 e. The molecule has 4 rings (SSSR count). The first-order valence-electron chi connectivity index (χ1n) is 10.1. The van der Waals surface area contributed by atoms with Crippen LogP contribution in [0.1, 0.15) is 21.6 Å². The number of benzene rings is 2. The maximum Gasteiger partial charge on any atom is 0.293 e. The van der Waals surface area contributed by atoms with Crippen LogP contribution in [0.5, 0.6) is 5.75 Å². The van der Waals surface area contributed by atoms with Crippen molar-refractivity contribution < 1.29 is 23.5 Å². The first kappa shape index (κ1) is 22.5. The zero-order valence-electron chi connectivity index (χ0n) is 17.9. The number of methoxy groups -OCH3 is 1. The lowest BCUT2D eigenvalue weighted by Gasteiger charge is -2.14. The van der Waals surface area contributed by atoms with Gasteiger partial charge in [-0.05, 0) is 60.7 Å². The minimum absolute atomic E-state index is 0.0361. The summed E-state index contributed by atoms with van der Waals surface area (Å²) < 4.78 is 18.3. The van der Waals surface area contributed by atoms with Gasteiger partial charge in [0.2, 0.25) is 0 Å². The highest BCUT2D eigenvalue weighted by Gasteiger charge is 2.34. The van der Waals surface area contributed by atoms with Gasteiger partial charge in [-0.1, -0.05) is 12.1 Å². The highest BCUT2D eigenvalue weighted by Crippen LogP contribution is 2.32. The SMILES string of the molecule is COc1ccc2cc(C(=O)NCCN3C(=O)S/C(=C/c4ccc(F)cc4)C3=O)c(C)nc2c1. The van der Waals surface area contributed by atoms with Crippen LogP contribution in [0.4, 0.5) is 9.18 Å². The second-order valence-corrected chi connectivity index (χ2v) is 8.31. The lowest BCUT2D eigenvalue weighted by Crippen LogP contribution is -2.37. The monoisotopic (exact) mass is 465 g/mol. The number of rotatable bonds is 6. The zero-order valence-corrected chi connectivity index (χ0v) is 18.7. The molecular weight excluding hydrogens is 445 g/mol.